The topological polar surface area (TPSA) is 40.5 Å². The van der Waals surface area contributed by atoms with Crippen LogP contribution in [0, 0.1) is 12.8 Å². The summed E-state index contributed by atoms with van der Waals surface area (Å²) in [6.45, 7) is 2.94. The van der Waals surface area contributed by atoms with Gasteiger partial charge in [0.05, 0.1) is 4.83 Å². The van der Waals surface area contributed by atoms with Gasteiger partial charge in [-0.3, -0.25) is 4.79 Å². The standard InChI is InChI=1S/C18H21Br2NO2.BrH/c1-9-5-12(19)10-6-14-11-7-13(20)15(22)8-18(11,3-4-21(14)2)16(10)17(9)23;/h5,11,13-14,23H,3-4,6-8H2,1-2H3;1H. The van der Waals surface area contributed by atoms with E-state index < -0.39 is 0 Å². The molecule has 1 saturated heterocycles. The van der Waals surface area contributed by atoms with Gasteiger partial charge in [0, 0.05) is 27.9 Å². The Hall–Kier alpha value is 0.0900. The van der Waals surface area contributed by atoms with Crippen LogP contribution in [0.3, 0.4) is 0 Å². The Kier molecular flexibility index (Phi) is 5.00. The van der Waals surface area contributed by atoms with Crippen molar-refractivity contribution in [2.75, 3.05) is 13.6 Å². The molecule has 2 bridgehead atoms. The van der Waals surface area contributed by atoms with Crippen LogP contribution in [0.5, 0.6) is 5.75 Å². The summed E-state index contributed by atoms with van der Waals surface area (Å²) in [6.07, 6.45) is 3.32. The molecule has 1 aromatic rings. The Bertz CT molecular complexity index is 708. The number of carbonyl (C=O) groups is 1. The number of aryl methyl sites for hydroxylation is 1. The number of piperidine rings is 1. The number of rotatable bonds is 0. The van der Waals surface area contributed by atoms with Crippen molar-refractivity contribution in [3.05, 3.63) is 27.2 Å². The lowest BCUT2D eigenvalue weighted by atomic mass is 9.52. The Balaban J connectivity index is 0.00000169. The molecule has 0 spiro atoms. The van der Waals surface area contributed by atoms with Crippen LogP contribution in [0.4, 0.5) is 0 Å². The van der Waals surface area contributed by atoms with Crippen LogP contribution >= 0.6 is 48.8 Å². The molecular formula is C18H22Br3NO2. The lowest BCUT2D eigenvalue weighted by Gasteiger charge is -2.58. The molecule has 0 amide bonds. The Morgan fingerprint density at radius 1 is 1.42 bits per heavy atom. The first kappa shape index (κ1) is 18.9. The smallest absolute Gasteiger partial charge is 0.147 e. The highest BCUT2D eigenvalue weighted by molar-refractivity contribution is 9.10. The Morgan fingerprint density at radius 2 is 2.12 bits per heavy atom. The van der Waals surface area contributed by atoms with Gasteiger partial charge in [-0.1, -0.05) is 31.9 Å². The average Bonchev–Trinajstić information content (AvgIpc) is 2.49. The van der Waals surface area contributed by atoms with Crippen molar-refractivity contribution in [3.8, 4) is 5.75 Å². The van der Waals surface area contributed by atoms with Gasteiger partial charge in [0.1, 0.15) is 11.5 Å². The minimum atomic E-state index is -0.190. The van der Waals surface area contributed by atoms with Crippen molar-refractivity contribution in [1.29, 1.82) is 0 Å². The lowest BCUT2D eigenvalue weighted by molar-refractivity contribution is -0.126. The highest BCUT2D eigenvalue weighted by Gasteiger charge is 2.58. The molecule has 0 aromatic heterocycles. The van der Waals surface area contributed by atoms with Crippen LogP contribution in [0.1, 0.15) is 36.0 Å². The third-order valence-corrected chi connectivity index (χ3v) is 8.00. The second-order valence-electron chi connectivity index (χ2n) is 7.49. The molecule has 6 heteroatoms. The number of likely N-dealkylation sites (N-methyl/N-ethyl adjacent to an activating group) is 1. The third-order valence-electron chi connectivity index (χ3n) is 6.41. The van der Waals surface area contributed by atoms with Crippen molar-refractivity contribution >= 4 is 54.6 Å². The molecule has 1 heterocycles. The first-order chi connectivity index (χ1) is 10.8. The zero-order valence-corrected chi connectivity index (χ0v) is 18.7. The normalized spacial score (nSPS) is 35.0. The second kappa shape index (κ2) is 6.36. The number of nitrogens with zero attached hydrogens (tertiary/aromatic N) is 1. The van der Waals surface area contributed by atoms with Crippen molar-refractivity contribution < 1.29 is 9.90 Å². The monoisotopic (exact) mass is 521 g/mol. The van der Waals surface area contributed by atoms with E-state index in [-0.39, 0.29) is 33.0 Å². The maximum Gasteiger partial charge on any atom is 0.147 e. The summed E-state index contributed by atoms with van der Waals surface area (Å²) in [5.74, 6) is 1.13. The van der Waals surface area contributed by atoms with Gasteiger partial charge >= 0.3 is 0 Å². The maximum absolute atomic E-state index is 12.6. The van der Waals surface area contributed by atoms with E-state index in [1.165, 1.54) is 5.56 Å². The molecule has 132 valence electrons. The van der Waals surface area contributed by atoms with Crippen molar-refractivity contribution in [2.24, 2.45) is 5.92 Å². The predicted molar refractivity (Wildman–Crippen MR) is 108 cm³/mol. The van der Waals surface area contributed by atoms with Crippen LogP contribution in [-0.2, 0) is 16.6 Å². The summed E-state index contributed by atoms with van der Waals surface area (Å²) in [7, 11) is 2.20. The number of halogens is 3. The van der Waals surface area contributed by atoms with E-state index in [1.807, 2.05) is 13.0 Å². The number of hydrogen-bond acceptors (Lipinski definition) is 3. The van der Waals surface area contributed by atoms with Gasteiger partial charge in [-0.05, 0) is 62.9 Å². The van der Waals surface area contributed by atoms with Crippen LogP contribution in [0.2, 0.25) is 0 Å². The van der Waals surface area contributed by atoms with E-state index in [2.05, 4.69) is 43.8 Å². The van der Waals surface area contributed by atoms with E-state index >= 15 is 0 Å². The molecule has 1 aromatic carbocycles. The molecule has 1 saturated carbocycles. The van der Waals surface area contributed by atoms with Crippen LogP contribution < -0.4 is 0 Å². The fourth-order valence-electron chi connectivity index (χ4n) is 5.23. The number of aromatic hydroxyl groups is 1. The van der Waals surface area contributed by atoms with Gasteiger partial charge in [-0.15, -0.1) is 17.0 Å². The predicted octanol–water partition coefficient (Wildman–Crippen LogP) is 4.28. The SMILES string of the molecule is Br.Cc1cc(Br)c2c(c1O)C13CCN(C)C(C2)C1CC(Br)C(=O)C3. The highest BCUT2D eigenvalue weighted by Crippen LogP contribution is 2.59. The van der Waals surface area contributed by atoms with Gasteiger partial charge in [-0.2, -0.15) is 0 Å². The summed E-state index contributed by atoms with van der Waals surface area (Å²) in [5.41, 5.74) is 2.98. The van der Waals surface area contributed by atoms with Gasteiger partial charge in [0.25, 0.3) is 0 Å². The molecule has 1 N–H and O–H groups in total. The minimum Gasteiger partial charge on any atom is -0.507 e. The fraction of sp³-hybridized carbons (Fsp3) is 0.611. The van der Waals surface area contributed by atoms with Gasteiger partial charge in [0.15, 0.2) is 0 Å². The highest BCUT2D eigenvalue weighted by atomic mass is 79.9. The summed E-state index contributed by atoms with van der Waals surface area (Å²) < 4.78 is 1.08. The van der Waals surface area contributed by atoms with E-state index in [9.17, 15) is 9.90 Å². The number of likely N-dealkylation sites (tertiary alicyclic amines) is 1. The number of phenols is 1. The van der Waals surface area contributed by atoms with E-state index in [0.717, 1.165) is 41.4 Å². The molecule has 4 rings (SSSR count). The zero-order chi connectivity index (χ0) is 16.5. The van der Waals surface area contributed by atoms with E-state index in [1.54, 1.807) is 0 Å². The number of alkyl halides is 1. The summed E-state index contributed by atoms with van der Waals surface area (Å²) in [6, 6.07) is 2.46. The second-order valence-corrected chi connectivity index (χ2v) is 9.45. The van der Waals surface area contributed by atoms with Crippen LogP contribution in [-0.4, -0.2) is 40.3 Å². The number of phenolic OH excluding ortho intramolecular Hbond substituents is 1. The van der Waals surface area contributed by atoms with Gasteiger partial charge in [0.2, 0.25) is 0 Å². The van der Waals surface area contributed by atoms with Crippen molar-refractivity contribution in [3.63, 3.8) is 0 Å². The number of Topliss-reactive ketones (excluding diaryl/α,β-unsaturated/α-hetero) is 1. The number of benzene rings is 1. The molecule has 2 fully saturated rings. The zero-order valence-electron chi connectivity index (χ0n) is 13.8. The minimum absolute atomic E-state index is 0. The van der Waals surface area contributed by atoms with Gasteiger partial charge in [-0.25, -0.2) is 0 Å². The lowest BCUT2D eigenvalue weighted by Crippen LogP contribution is -2.62. The molecule has 1 aliphatic heterocycles. The number of fused-ring (bicyclic) bond motifs is 1. The molecule has 2 aliphatic carbocycles. The average molecular weight is 524 g/mol. The summed E-state index contributed by atoms with van der Waals surface area (Å²) >= 11 is 7.30. The Labute approximate surface area is 170 Å². The number of ketones is 1. The quantitative estimate of drug-likeness (QED) is 0.516. The number of carbonyl (C=O) groups excluding carboxylic acids is 1. The largest absolute Gasteiger partial charge is 0.507 e. The first-order valence-corrected chi connectivity index (χ1v) is 9.94. The summed E-state index contributed by atoms with van der Waals surface area (Å²) in [4.78, 5) is 15.0. The molecule has 4 unspecified atom stereocenters. The van der Waals surface area contributed by atoms with Crippen molar-refractivity contribution in [2.45, 2.75) is 48.9 Å². The van der Waals surface area contributed by atoms with Crippen LogP contribution in [0.25, 0.3) is 0 Å². The molecule has 3 aliphatic rings. The molecule has 24 heavy (non-hydrogen) atoms. The maximum atomic E-state index is 12.6. The van der Waals surface area contributed by atoms with Crippen molar-refractivity contribution in [1.82, 2.24) is 4.90 Å². The molecule has 3 nitrogen and oxygen atoms in total. The molecule has 4 atom stereocenters. The Morgan fingerprint density at radius 3 is 2.83 bits per heavy atom. The molecule has 0 radical (unpaired) electrons. The molecular weight excluding hydrogens is 502 g/mol. The van der Waals surface area contributed by atoms with E-state index in [4.69, 9.17) is 0 Å². The van der Waals surface area contributed by atoms with Crippen LogP contribution in [0.15, 0.2) is 10.5 Å². The van der Waals surface area contributed by atoms with E-state index in [0.29, 0.717) is 24.1 Å². The fourth-order valence-corrected chi connectivity index (χ4v) is 6.50. The third kappa shape index (κ3) is 2.47. The first-order valence-electron chi connectivity index (χ1n) is 8.23. The summed E-state index contributed by atoms with van der Waals surface area (Å²) in [5, 5.41) is 10.9. The number of hydrogen-bond donors (Lipinski definition) is 1. The van der Waals surface area contributed by atoms with Gasteiger partial charge < -0.3 is 10.0 Å².